The number of morpholine rings is 1. The van der Waals surface area contributed by atoms with Crippen molar-refractivity contribution in [2.24, 2.45) is 7.05 Å². The van der Waals surface area contributed by atoms with Crippen molar-refractivity contribution in [2.75, 3.05) is 43.2 Å². The van der Waals surface area contributed by atoms with E-state index in [1.165, 1.54) is 0 Å². The number of rotatable bonds is 5. The third-order valence-corrected chi connectivity index (χ3v) is 5.56. The van der Waals surface area contributed by atoms with E-state index in [-0.39, 0.29) is 0 Å². The molecule has 0 saturated carbocycles. The Balaban J connectivity index is 1.61. The molecule has 1 aliphatic heterocycles. The number of amides is 1. The molecule has 10 heteroatoms. The molecule has 0 unspecified atom stereocenters. The van der Waals surface area contributed by atoms with Crippen LogP contribution in [-0.2, 0) is 16.5 Å². The van der Waals surface area contributed by atoms with E-state index in [2.05, 4.69) is 27.2 Å². The molecule has 0 spiro atoms. The lowest BCUT2D eigenvalue weighted by molar-refractivity contribution is 0.0314. The molecule has 0 bridgehead atoms. The lowest BCUT2D eigenvalue weighted by Crippen LogP contribution is -2.49. The number of ether oxygens (including phenoxy) is 2. The van der Waals surface area contributed by atoms with Gasteiger partial charge >= 0.3 is 6.09 Å². The maximum absolute atomic E-state index is 12.2. The van der Waals surface area contributed by atoms with Gasteiger partial charge in [0.2, 0.25) is 5.95 Å². The third-order valence-electron chi connectivity index (χ3n) is 5.56. The Morgan fingerprint density at radius 2 is 2.00 bits per heavy atom. The summed E-state index contributed by atoms with van der Waals surface area (Å²) in [6.07, 6.45) is 1.36. The van der Waals surface area contributed by atoms with E-state index in [1.807, 2.05) is 59.1 Å². The van der Waals surface area contributed by atoms with Gasteiger partial charge in [-0.05, 0) is 52.3 Å². The molecule has 0 radical (unpaired) electrons. The first kappa shape index (κ1) is 23.9. The summed E-state index contributed by atoms with van der Waals surface area (Å²) in [5.41, 5.74) is 3.53. The third kappa shape index (κ3) is 5.13. The van der Waals surface area contributed by atoms with E-state index in [4.69, 9.17) is 19.6 Å². The Morgan fingerprint density at radius 3 is 2.65 bits per heavy atom. The SMILES string of the molecule is CCN(c1ncc2c(-c3ccc(NC(=O)OC(C)(C)C)c(C)c3)nn(C)c2n1)N1CCOCC1. The molecule has 3 aromatic rings. The summed E-state index contributed by atoms with van der Waals surface area (Å²) in [4.78, 5) is 21.7. The Kier molecular flexibility index (Phi) is 6.72. The number of aryl methyl sites for hydroxylation is 2. The highest BCUT2D eigenvalue weighted by Gasteiger charge is 2.22. The standard InChI is InChI=1S/C24H33N7O3/c1-7-31(30-10-12-33-13-11-30)22-25-15-18-20(28-29(6)21(18)27-22)17-8-9-19(16(2)14-17)26-23(32)34-24(3,4)5/h8-9,14-15H,7,10-13H2,1-6H3,(H,26,32). The van der Waals surface area contributed by atoms with Gasteiger partial charge in [0, 0.05) is 44.1 Å². The molecule has 1 aliphatic rings. The maximum atomic E-state index is 12.2. The van der Waals surface area contributed by atoms with Gasteiger partial charge < -0.3 is 9.47 Å². The molecule has 10 nitrogen and oxygen atoms in total. The highest BCUT2D eigenvalue weighted by molar-refractivity contribution is 5.92. The molecule has 0 atom stereocenters. The van der Waals surface area contributed by atoms with Crippen molar-refractivity contribution in [1.82, 2.24) is 24.8 Å². The van der Waals surface area contributed by atoms with Crippen LogP contribution in [0.2, 0.25) is 0 Å². The molecule has 1 saturated heterocycles. The van der Waals surface area contributed by atoms with Crippen LogP contribution in [0.5, 0.6) is 0 Å². The molecule has 4 rings (SSSR count). The Labute approximate surface area is 199 Å². The van der Waals surface area contributed by atoms with Gasteiger partial charge in [-0.3, -0.25) is 10.3 Å². The van der Waals surface area contributed by atoms with Crippen LogP contribution in [-0.4, -0.2) is 69.3 Å². The zero-order chi connectivity index (χ0) is 24.5. The van der Waals surface area contributed by atoms with E-state index in [0.717, 1.165) is 47.5 Å². The van der Waals surface area contributed by atoms with Crippen molar-refractivity contribution in [3.63, 3.8) is 0 Å². The zero-order valence-electron chi connectivity index (χ0n) is 20.8. The number of carbonyl (C=O) groups excluding carboxylic acids is 1. The van der Waals surface area contributed by atoms with Gasteiger partial charge in [-0.1, -0.05) is 6.07 Å². The minimum absolute atomic E-state index is 0.478. The zero-order valence-corrected chi connectivity index (χ0v) is 20.8. The number of hydrogen-bond acceptors (Lipinski definition) is 8. The van der Waals surface area contributed by atoms with Gasteiger partial charge in [0.15, 0.2) is 5.65 Å². The van der Waals surface area contributed by atoms with Crippen LogP contribution in [0.1, 0.15) is 33.3 Å². The Morgan fingerprint density at radius 1 is 1.26 bits per heavy atom. The molecule has 2 aromatic heterocycles. The molecule has 1 N–H and O–H groups in total. The number of benzene rings is 1. The van der Waals surface area contributed by atoms with Crippen LogP contribution < -0.4 is 10.3 Å². The van der Waals surface area contributed by atoms with Crippen molar-refractivity contribution in [2.45, 2.75) is 40.2 Å². The fourth-order valence-electron chi connectivity index (χ4n) is 3.99. The quantitative estimate of drug-likeness (QED) is 0.606. The molecule has 182 valence electrons. The minimum Gasteiger partial charge on any atom is -0.444 e. The summed E-state index contributed by atoms with van der Waals surface area (Å²) < 4.78 is 12.6. The number of hydrogen-bond donors (Lipinski definition) is 1. The van der Waals surface area contributed by atoms with Crippen molar-refractivity contribution >= 4 is 28.8 Å². The van der Waals surface area contributed by atoms with Crippen LogP contribution in [0.25, 0.3) is 22.3 Å². The minimum atomic E-state index is -0.557. The first-order chi connectivity index (χ1) is 16.2. The number of nitrogens with one attached hydrogen (secondary N) is 1. The number of fused-ring (bicyclic) bond motifs is 1. The van der Waals surface area contributed by atoms with Gasteiger partial charge in [-0.25, -0.2) is 19.5 Å². The van der Waals surface area contributed by atoms with Gasteiger partial charge in [0.1, 0.15) is 11.3 Å². The summed E-state index contributed by atoms with van der Waals surface area (Å²) in [5, 5.41) is 12.7. The summed E-state index contributed by atoms with van der Waals surface area (Å²) in [5.74, 6) is 0.652. The van der Waals surface area contributed by atoms with E-state index in [9.17, 15) is 4.79 Å². The highest BCUT2D eigenvalue weighted by Crippen LogP contribution is 2.30. The van der Waals surface area contributed by atoms with Crippen molar-refractivity contribution in [3.8, 4) is 11.3 Å². The Hall–Kier alpha value is -3.24. The lowest BCUT2D eigenvalue weighted by atomic mass is 10.1. The highest BCUT2D eigenvalue weighted by atomic mass is 16.6. The topological polar surface area (TPSA) is 97.6 Å². The van der Waals surface area contributed by atoms with Crippen LogP contribution >= 0.6 is 0 Å². The summed E-state index contributed by atoms with van der Waals surface area (Å²) >= 11 is 0. The average molecular weight is 468 g/mol. The van der Waals surface area contributed by atoms with Crippen LogP contribution in [0, 0.1) is 6.92 Å². The van der Waals surface area contributed by atoms with E-state index >= 15 is 0 Å². The van der Waals surface area contributed by atoms with Gasteiger partial charge in [0.05, 0.1) is 18.6 Å². The smallest absolute Gasteiger partial charge is 0.412 e. The van der Waals surface area contributed by atoms with E-state index in [0.29, 0.717) is 24.8 Å². The number of aromatic nitrogens is 4. The molecule has 1 aromatic carbocycles. The van der Waals surface area contributed by atoms with E-state index in [1.54, 1.807) is 4.68 Å². The first-order valence-electron chi connectivity index (χ1n) is 11.6. The number of anilines is 2. The number of hydrazine groups is 1. The van der Waals surface area contributed by atoms with Gasteiger partial charge in [-0.2, -0.15) is 10.1 Å². The first-order valence-corrected chi connectivity index (χ1v) is 11.6. The fourth-order valence-corrected chi connectivity index (χ4v) is 3.99. The van der Waals surface area contributed by atoms with Gasteiger partial charge in [-0.15, -0.1) is 0 Å². The predicted molar refractivity (Wildman–Crippen MR) is 132 cm³/mol. The van der Waals surface area contributed by atoms with Crippen molar-refractivity contribution in [3.05, 3.63) is 30.0 Å². The van der Waals surface area contributed by atoms with Gasteiger partial charge in [0.25, 0.3) is 0 Å². The van der Waals surface area contributed by atoms with Crippen LogP contribution in [0.3, 0.4) is 0 Å². The van der Waals surface area contributed by atoms with Crippen LogP contribution in [0.4, 0.5) is 16.4 Å². The Bertz CT molecular complexity index is 1180. The van der Waals surface area contributed by atoms with Crippen molar-refractivity contribution < 1.29 is 14.3 Å². The molecule has 1 amide bonds. The monoisotopic (exact) mass is 467 g/mol. The second-order valence-electron chi connectivity index (χ2n) is 9.32. The summed E-state index contributed by atoms with van der Waals surface area (Å²) in [7, 11) is 1.89. The lowest BCUT2D eigenvalue weighted by Gasteiger charge is -2.36. The molecular weight excluding hydrogens is 434 g/mol. The van der Waals surface area contributed by atoms with Crippen molar-refractivity contribution in [1.29, 1.82) is 0 Å². The molecular formula is C24H33N7O3. The summed E-state index contributed by atoms with van der Waals surface area (Å²) in [6, 6.07) is 5.79. The normalized spacial score (nSPS) is 14.9. The molecule has 1 fully saturated rings. The number of nitrogens with zero attached hydrogens (tertiary/aromatic N) is 6. The molecule has 34 heavy (non-hydrogen) atoms. The number of carbonyl (C=O) groups is 1. The largest absolute Gasteiger partial charge is 0.444 e. The predicted octanol–water partition coefficient (Wildman–Crippen LogP) is 3.76. The second-order valence-corrected chi connectivity index (χ2v) is 9.32. The fraction of sp³-hybridized carbons (Fsp3) is 0.500. The molecule has 3 heterocycles. The summed E-state index contributed by atoms with van der Waals surface area (Å²) in [6.45, 7) is 13.3. The molecule has 0 aliphatic carbocycles. The maximum Gasteiger partial charge on any atom is 0.412 e. The second kappa shape index (κ2) is 9.55. The van der Waals surface area contributed by atoms with E-state index < -0.39 is 11.7 Å². The average Bonchev–Trinajstić information content (AvgIpc) is 3.11. The van der Waals surface area contributed by atoms with Crippen LogP contribution in [0.15, 0.2) is 24.4 Å².